The summed E-state index contributed by atoms with van der Waals surface area (Å²) in [5, 5.41) is 9.64. The summed E-state index contributed by atoms with van der Waals surface area (Å²) in [7, 11) is -2.96. The first-order valence-corrected chi connectivity index (χ1v) is 6.26. The van der Waals surface area contributed by atoms with Crippen molar-refractivity contribution in [2.75, 3.05) is 17.3 Å². The van der Waals surface area contributed by atoms with Gasteiger partial charge in [-0.05, 0) is 0 Å². The Kier molecular flexibility index (Phi) is 19.6. The maximum atomic E-state index is 10.7. The third-order valence-corrected chi connectivity index (χ3v) is 3.34. The summed E-state index contributed by atoms with van der Waals surface area (Å²) in [6, 6.07) is 0. The van der Waals surface area contributed by atoms with E-state index >= 15 is 0 Å². The van der Waals surface area contributed by atoms with E-state index in [-0.39, 0.29) is 64.9 Å². The fourth-order valence-corrected chi connectivity index (χ4v) is 2.47. The standard InChI is InChI=1S/C4H9O3S3.2Na/c1-2-9-3-4-10(6,8)7-5;;/h5H,1-4H2;;/q-1;2*+1/p-1. The Morgan fingerprint density at radius 1 is 1.58 bits per heavy atom. The molecule has 0 rings (SSSR count). The van der Waals surface area contributed by atoms with Gasteiger partial charge in [-0.1, -0.05) is 0 Å². The molecule has 0 aromatic heterocycles. The van der Waals surface area contributed by atoms with Gasteiger partial charge in [-0.25, -0.2) is 4.21 Å². The summed E-state index contributed by atoms with van der Waals surface area (Å²) in [5.41, 5.74) is 0. The Hall–Kier alpha value is 2.64. The minimum atomic E-state index is -2.96. The van der Waals surface area contributed by atoms with E-state index in [1.807, 2.05) is 0 Å². The minimum absolute atomic E-state index is 0. The third-order valence-electron chi connectivity index (χ3n) is 0.726. The van der Waals surface area contributed by atoms with Crippen LogP contribution in [0.15, 0.2) is 0 Å². The van der Waals surface area contributed by atoms with Crippen LogP contribution < -0.4 is 64.4 Å². The molecule has 0 bridgehead atoms. The molecule has 0 aliphatic carbocycles. The monoisotopic (exact) mass is 246 g/mol. The molecular formula is C4H8Na2O3S3. The number of hydrogen-bond acceptors (Lipinski definition) is 5. The Morgan fingerprint density at radius 3 is 2.42 bits per heavy atom. The van der Waals surface area contributed by atoms with Crippen molar-refractivity contribution in [3.05, 3.63) is 6.92 Å². The van der Waals surface area contributed by atoms with Crippen molar-refractivity contribution in [1.29, 1.82) is 0 Å². The van der Waals surface area contributed by atoms with Gasteiger partial charge in [0.25, 0.3) is 0 Å². The van der Waals surface area contributed by atoms with Gasteiger partial charge in [-0.3, -0.25) is 0 Å². The van der Waals surface area contributed by atoms with Crippen LogP contribution in [0.2, 0.25) is 0 Å². The van der Waals surface area contributed by atoms with Crippen molar-refractivity contribution in [1.82, 2.24) is 0 Å². The van der Waals surface area contributed by atoms with Gasteiger partial charge in [0.2, 0.25) is 0 Å². The van der Waals surface area contributed by atoms with E-state index in [4.69, 9.17) is 0 Å². The van der Waals surface area contributed by atoms with Gasteiger partial charge < -0.3 is 16.5 Å². The van der Waals surface area contributed by atoms with Crippen LogP contribution >= 0.6 is 11.8 Å². The quantitative estimate of drug-likeness (QED) is 0.159. The van der Waals surface area contributed by atoms with Crippen LogP contribution in [0.25, 0.3) is 0 Å². The summed E-state index contributed by atoms with van der Waals surface area (Å²) in [4.78, 5) is 0. The van der Waals surface area contributed by atoms with E-state index in [1.165, 1.54) is 11.8 Å². The molecule has 1 atom stereocenters. The first-order valence-electron chi connectivity index (χ1n) is 2.53. The summed E-state index contributed by atoms with van der Waals surface area (Å²) in [6.07, 6.45) is 0. The zero-order chi connectivity index (χ0) is 8.04. The number of rotatable bonds is 5. The van der Waals surface area contributed by atoms with Crippen molar-refractivity contribution >= 4 is 31.7 Å². The van der Waals surface area contributed by atoms with Crippen LogP contribution in [0.1, 0.15) is 0 Å². The maximum absolute atomic E-state index is 10.7. The Balaban J connectivity index is -0.000000405. The molecule has 0 spiro atoms. The molecule has 0 heterocycles. The van der Waals surface area contributed by atoms with Crippen LogP contribution in [-0.2, 0) is 24.3 Å². The fraction of sp³-hybridized carbons (Fsp3) is 0.750. The molecule has 12 heavy (non-hydrogen) atoms. The molecule has 62 valence electrons. The number of thioether (sulfide) groups is 1. The van der Waals surface area contributed by atoms with Gasteiger partial charge in [-0.2, -0.15) is 11.8 Å². The summed E-state index contributed by atoms with van der Waals surface area (Å²) in [5.74, 6) is 1.38. The van der Waals surface area contributed by atoms with Crippen LogP contribution in [0.4, 0.5) is 0 Å². The second-order valence-electron chi connectivity index (χ2n) is 1.44. The molecule has 8 heteroatoms. The first-order chi connectivity index (χ1) is 4.62. The van der Waals surface area contributed by atoms with Crippen LogP contribution in [0.5, 0.6) is 0 Å². The number of hydrogen-bond donors (Lipinski definition) is 0. The average Bonchev–Trinajstić information content (AvgIpc) is 1.89. The molecule has 1 unspecified atom stereocenters. The van der Waals surface area contributed by atoms with Crippen molar-refractivity contribution in [2.45, 2.75) is 0 Å². The second kappa shape index (κ2) is 11.7. The van der Waals surface area contributed by atoms with Gasteiger partial charge in [0.15, 0.2) is 0 Å². The molecule has 0 amide bonds. The minimum Gasteiger partial charge on any atom is -0.709 e. The smallest absolute Gasteiger partial charge is 0.709 e. The molecule has 0 aromatic rings. The van der Waals surface area contributed by atoms with E-state index in [2.05, 4.69) is 22.4 Å². The molecule has 0 saturated heterocycles. The van der Waals surface area contributed by atoms with Crippen molar-refractivity contribution in [2.24, 2.45) is 0 Å². The summed E-state index contributed by atoms with van der Waals surface area (Å²) < 4.78 is 14.0. The maximum Gasteiger partial charge on any atom is 1.00 e. The van der Waals surface area contributed by atoms with E-state index in [0.717, 1.165) is 0 Å². The zero-order valence-electron chi connectivity index (χ0n) is 7.28. The van der Waals surface area contributed by atoms with E-state index in [0.29, 0.717) is 11.5 Å². The zero-order valence-corrected chi connectivity index (χ0v) is 13.7. The molecule has 0 radical (unpaired) electrons. The van der Waals surface area contributed by atoms with Crippen LogP contribution in [-0.4, -0.2) is 21.5 Å². The molecule has 0 aromatic carbocycles. The van der Waals surface area contributed by atoms with E-state index in [9.17, 15) is 9.47 Å². The SMILES string of the molecule is [CH2-]CSCCS(=O)(=S)O[O-].[Na+].[Na+]. The van der Waals surface area contributed by atoms with Crippen LogP contribution in [0, 0.1) is 6.92 Å². The van der Waals surface area contributed by atoms with Crippen molar-refractivity contribution < 1.29 is 72.9 Å². The predicted molar refractivity (Wildman–Crippen MR) is 44.1 cm³/mol. The molecule has 0 aliphatic heterocycles. The van der Waals surface area contributed by atoms with E-state index < -0.39 is 8.77 Å². The van der Waals surface area contributed by atoms with Gasteiger partial charge in [-0.15, -0.1) is 5.75 Å². The Morgan fingerprint density at radius 2 is 2.08 bits per heavy atom. The fourth-order valence-electron chi connectivity index (χ4n) is 0.297. The molecular weight excluding hydrogens is 238 g/mol. The molecule has 0 saturated carbocycles. The Labute approximate surface area is 127 Å². The van der Waals surface area contributed by atoms with Gasteiger partial charge >= 0.3 is 59.1 Å². The average molecular weight is 246 g/mol. The molecule has 0 fully saturated rings. The molecule has 3 nitrogen and oxygen atoms in total. The van der Waals surface area contributed by atoms with Crippen molar-refractivity contribution in [3.63, 3.8) is 0 Å². The summed E-state index contributed by atoms with van der Waals surface area (Å²) in [6.45, 7) is 3.55. The summed E-state index contributed by atoms with van der Waals surface area (Å²) >= 11 is 5.79. The third kappa shape index (κ3) is 12.6. The van der Waals surface area contributed by atoms with Gasteiger partial charge in [0.05, 0.1) is 5.75 Å². The molecule has 0 N–H and O–H groups in total. The molecule has 0 aliphatic rings. The first kappa shape index (κ1) is 20.1. The van der Waals surface area contributed by atoms with Gasteiger partial charge in [0.1, 0.15) is 8.77 Å². The van der Waals surface area contributed by atoms with E-state index in [1.54, 1.807) is 0 Å². The predicted octanol–water partition coefficient (Wildman–Crippen LogP) is -6.49. The van der Waals surface area contributed by atoms with Crippen molar-refractivity contribution in [3.8, 4) is 0 Å². The largest absolute Gasteiger partial charge is 1.00 e. The van der Waals surface area contributed by atoms with Gasteiger partial charge in [0, 0.05) is 16.9 Å². The second-order valence-corrected chi connectivity index (χ2v) is 5.85. The van der Waals surface area contributed by atoms with Crippen LogP contribution in [0.3, 0.4) is 0 Å². The topological polar surface area (TPSA) is 49.4 Å². The normalized spacial score (nSPS) is 13.8. The Bertz CT molecular complexity index is 170.